The van der Waals surface area contributed by atoms with E-state index >= 15 is 0 Å². The van der Waals surface area contributed by atoms with Crippen molar-refractivity contribution in [1.82, 2.24) is 5.32 Å². The van der Waals surface area contributed by atoms with Gasteiger partial charge < -0.3 is 10.4 Å². The second-order valence-corrected chi connectivity index (χ2v) is 4.20. The molecule has 1 amide bonds. The average molecular weight is 249 g/mol. The van der Waals surface area contributed by atoms with E-state index in [1.165, 1.54) is 0 Å². The zero-order chi connectivity index (χ0) is 13.5. The van der Waals surface area contributed by atoms with Gasteiger partial charge in [0.15, 0.2) is 0 Å². The summed E-state index contributed by atoms with van der Waals surface area (Å²) in [6.07, 6.45) is 2.07. The fraction of sp³-hybridized carbons (Fsp3) is 0.429. The van der Waals surface area contributed by atoms with Gasteiger partial charge in [-0.2, -0.15) is 0 Å². The lowest BCUT2D eigenvalue weighted by atomic mass is 10.1. The monoisotopic (exact) mass is 249 g/mol. The minimum Gasteiger partial charge on any atom is -0.480 e. The van der Waals surface area contributed by atoms with Crippen molar-refractivity contribution >= 4 is 11.9 Å². The highest BCUT2D eigenvalue weighted by Crippen LogP contribution is 2.06. The van der Waals surface area contributed by atoms with E-state index in [2.05, 4.69) is 5.32 Å². The zero-order valence-electron chi connectivity index (χ0n) is 10.8. The number of nitrogens with one attached hydrogen (secondary N) is 1. The van der Waals surface area contributed by atoms with Gasteiger partial charge in [-0.05, 0) is 30.5 Å². The summed E-state index contributed by atoms with van der Waals surface area (Å²) >= 11 is 0. The Morgan fingerprint density at radius 1 is 1.22 bits per heavy atom. The van der Waals surface area contributed by atoms with Crippen LogP contribution in [0.4, 0.5) is 0 Å². The Morgan fingerprint density at radius 3 is 2.28 bits per heavy atom. The summed E-state index contributed by atoms with van der Waals surface area (Å²) in [5, 5.41) is 11.5. The molecule has 0 radical (unpaired) electrons. The first-order chi connectivity index (χ1) is 8.58. The zero-order valence-corrected chi connectivity index (χ0v) is 10.8. The van der Waals surface area contributed by atoms with E-state index in [0.717, 1.165) is 12.0 Å². The molecule has 0 saturated heterocycles. The Kier molecular flexibility index (Phi) is 5.36. The van der Waals surface area contributed by atoms with Crippen LogP contribution in [-0.4, -0.2) is 23.0 Å². The van der Waals surface area contributed by atoms with E-state index in [0.29, 0.717) is 18.4 Å². The topological polar surface area (TPSA) is 66.4 Å². The van der Waals surface area contributed by atoms with Crippen LogP contribution in [0.5, 0.6) is 0 Å². The number of carboxylic acid groups (broad SMARTS) is 1. The molecule has 4 heteroatoms. The Labute approximate surface area is 107 Å². The number of carbonyl (C=O) groups excluding carboxylic acids is 1. The lowest BCUT2D eigenvalue weighted by Crippen LogP contribution is -2.40. The molecule has 2 N–H and O–H groups in total. The van der Waals surface area contributed by atoms with Crippen molar-refractivity contribution in [2.24, 2.45) is 0 Å². The van der Waals surface area contributed by atoms with Crippen LogP contribution < -0.4 is 5.32 Å². The first-order valence-corrected chi connectivity index (χ1v) is 6.21. The number of hydrogen-bond donors (Lipinski definition) is 2. The fourth-order valence-electron chi connectivity index (χ4n) is 1.68. The van der Waals surface area contributed by atoms with Crippen molar-refractivity contribution in [3.63, 3.8) is 0 Å². The molecule has 4 nitrogen and oxygen atoms in total. The Hall–Kier alpha value is -1.84. The van der Waals surface area contributed by atoms with Crippen LogP contribution >= 0.6 is 0 Å². The predicted octanol–water partition coefficient (Wildman–Crippen LogP) is 2.23. The number of amides is 1. The van der Waals surface area contributed by atoms with Gasteiger partial charge in [-0.15, -0.1) is 0 Å². The minimum atomic E-state index is -0.990. The van der Waals surface area contributed by atoms with Gasteiger partial charge in [0, 0.05) is 5.56 Å². The molecule has 1 aromatic rings. The molecule has 1 atom stereocenters. The van der Waals surface area contributed by atoms with Gasteiger partial charge in [0.1, 0.15) is 6.04 Å². The SMILES string of the molecule is CCC[C@H](NC(=O)c1ccc(CC)cc1)C(=O)O. The Balaban J connectivity index is 2.70. The molecule has 0 aliphatic carbocycles. The number of hydrogen-bond acceptors (Lipinski definition) is 2. The minimum absolute atomic E-state index is 0.335. The van der Waals surface area contributed by atoms with Gasteiger partial charge in [-0.3, -0.25) is 4.79 Å². The van der Waals surface area contributed by atoms with Crippen molar-refractivity contribution in [3.05, 3.63) is 35.4 Å². The summed E-state index contributed by atoms with van der Waals surface area (Å²) in [6.45, 7) is 3.93. The average Bonchev–Trinajstić information content (AvgIpc) is 2.38. The van der Waals surface area contributed by atoms with E-state index in [9.17, 15) is 9.59 Å². The lowest BCUT2D eigenvalue weighted by Gasteiger charge is -2.13. The summed E-state index contributed by atoms with van der Waals surface area (Å²) < 4.78 is 0. The third kappa shape index (κ3) is 3.87. The van der Waals surface area contributed by atoms with E-state index in [4.69, 9.17) is 5.11 Å². The van der Waals surface area contributed by atoms with E-state index in [-0.39, 0.29) is 5.91 Å². The molecule has 0 aliphatic rings. The molecule has 0 fully saturated rings. The summed E-state index contributed by atoms with van der Waals surface area (Å²) in [5.41, 5.74) is 1.64. The smallest absolute Gasteiger partial charge is 0.326 e. The number of benzene rings is 1. The molecular weight excluding hydrogens is 230 g/mol. The van der Waals surface area contributed by atoms with Crippen LogP contribution in [0.25, 0.3) is 0 Å². The molecule has 0 spiro atoms. The highest BCUT2D eigenvalue weighted by Gasteiger charge is 2.19. The third-order valence-electron chi connectivity index (χ3n) is 2.81. The summed E-state index contributed by atoms with van der Waals surface area (Å²) in [7, 11) is 0. The molecule has 0 aliphatic heterocycles. The second kappa shape index (κ2) is 6.79. The van der Waals surface area contributed by atoms with Crippen LogP contribution in [0.15, 0.2) is 24.3 Å². The largest absolute Gasteiger partial charge is 0.480 e. The van der Waals surface area contributed by atoms with Crippen LogP contribution in [0, 0.1) is 0 Å². The molecule has 0 saturated carbocycles. The standard InChI is InChI=1S/C14H19NO3/c1-3-5-12(14(17)18)15-13(16)11-8-6-10(4-2)7-9-11/h6-9,12H,3-5H2,1-2H3,(H,15,16)(H,17,18)/t12-/m0/s1. The van der Waals surface area contributed by atoms with E-state index in [1.807, 2.05) is 26.0 Å². The van der Waals surface area contributed by atoms with Gasteiger partial charge >= 0.3 is 5.97 Å². The van der Waals surface area contributed by atoms with Gasteiger partial charge in [0.2, 0.25) is 0 Å². The molecule has 98 valence electrons. The molecular formula is C14H19NO3. The number of carbonyl (C=O) groups is 2. The van der Waals surface area contributed by atoms with Gasteiger partial charge in [0.25, 0.3) is 5.91 Å². The Morgan fingerprint density at radius 2 is 1.83 bits per heavy atom. The van der Waals surface area contributed by atoms with Gasteiger partial charge in [-0.25, -0.2) is 4.79 Å². The fourth-order valence-corrected chi connectivity index (χ4v) is 1.68. The highest BCUT2D eigenvalue weighted by molar-refractivity contribution is 5.96. The summed E-state index contributed by atoms with van der Waals surface area (Å²) in [4.78, 5) is 22.8. The maximum atomic E-state index is 11.9. The maximum Gasteiger partial charge on any atom is 0.326 e. The quantitative estimate of drug-likeness (QED) is 0.812. The van der Waals surface area contributed by atoms with Crippen LogP contribution in [-0.2, 0) is 11.2 Å². The first-order valence-electron chi connectivity index (χ1n) is 6.21. The summed E-state index contributed by atoms with van der Waals surface area (Å²) in [6, 6.07) is 6.39. The molecule has 18 heavy (non-hydrogen) atoms. The molecule has 0 bridgehead atoms. The molecule has 0 heterocycles. The van der Waals surface area contributed by atoms with Crippen LogP contribution in [0.3, 0.4) is 0 Å². The lowest BCUT2D eigenvalue weighted by molar-refractivity contribution is -0.139. The first kappa shape index (κ1) is 14.2. The molecule has 1 aromatic carbocycles. The Bertz CT molecular complexity index is 412. The third-order valence-corrected chi connectivity index (χ3v) is 2.81. The van der Waals surface area contributed by atoms with Crippen molar-refractivity contribution in [1.29, 1.82) is 0 Å². The summed E-state index contributed by atoms with van der Waals surface area (Å²) in [5.74, 6) is -1.33. The van der Waals surface area contributed by atoms with Gasteiger partial charge in [0.05, 0.1) is 0 Å². The highest BCUT2D eigenvalue weighted by atomic mass is 16.4. The van der Waals surface area contributed by atoms with Gasteiger partial charge in [-0.1, -0.05) is 32.4 Å². The van der Waals surface area contributed by atoms with Crippen molar-refractivity contribution < 1.29 is 14.7 Å². The van der Waals surface area contributed by atoms with Crippen LogP contribution in [0.1, 0.15) is 42.6 Å². The van der Waals surface area contributed by atoms with Crippen LogP contribution in [0.2, 0.25) is 0 Å². The predicted molar refractivity (Wildman–Crippen MR) is 69.6 cm³/mol. The number of aryl methyl sites for hydroxylation is 1. The van der Waals surface area contributed by atoms with E-state index < -0.39 is 12.0 Å². The molecule has 0 unspecified atom stereocenters. The van der Waals surface area contributed by atoms with Crippen molar-refractivity contribution in [3.8, 4) is 0 Å². The normalized spacial score (nSPS) is 11.9. The second-order valence-electron chi connectivity index (χ2n) is 4.20. The molecule has 0 aromatic heterocycles. The maximum absolute atomic E-state index is 11.9. The van der Waals surface area contributed by atoms with Crippen molar-refractivity contribution in [2.75, 3.05) is 0 Å². The molecule has 1 rings (SSSR count). The number of rotatable bonds is 6. The number of carboxylic acids is 1. The van der Waals surface area contributed by atoms with E-state index in [1.54, 1.807) is 12.1 Å². The number of aliphatic carboxylic acids is 1. The van der Waals surface area contributed by atoms with Crippen molar-refractivity contribution in [2.45, 2.75) is 39.2 Å².